The first kappa shape index (κ1) is 15.9. The highest BCUT2D eigenvalue weighted by Crippen LogP contribution is 2.18. The van der Waals surface area contributed by atoms with Crippen LogP contribution in [0, 0.1) is 6.92 Å². The van der Waals surface area contributed by atoms with Gasteiger partial charge in [-0.25, -0.2) is 0 Å². The van der Waals surface area contributed by atoms with Crippen LogP contribution in [0.15, 0.2) is 48.5 Å². The van der Waals surface area contributed by atoms with Crippen molar-refractivity contribution in [2.24, 2.45) is 0 Å². The molecule has 2 aromatic carbocycles. The summed E-state index contributed by atoms with van der Waals surface area (Å²) in [5.41, 5.74) is 1.84. The lowest BCUT2D eigenvalue weighted by atomic mass is 10.2. The molecule has 2 rings (SSSR count). The minimum Gasteiger partial charge on any atom is -0.491 e. The van der Waals surface area contributed by atoms with Gasteiger partial charge in [-0.15, -0.1) is 0 Å². The zero-order valence-corrected chi connectivity index (χ0v) is 13.1. The largest absolute Gasteiger partial charge is 0.491 e. The number of hydrogen-bond donors (Lipinski definition) is 1. The Balaban J connectivity index is 1.87. The Kier molecular flexibility index (Phi) is 5.42. The zero-order chi connectivity index (χ0) is 15.9. The van der Waals surface area contributed by atoms with Crippen LogP contribution < -0.4 is 14.8 Å². The van der Waals surface area contributed by atoms with Crippen molar-refractivity contribution in [1.29, 1.82) is 0 Å². The fourth-order valence-electron chi connectivity index (χ4n) is 1.90. The summed E-state index contributed by atoms with van der Waals surface area (Å²) in [7, 11) is 0. The average Bonchev–Trinajstić information content (AvgIpc) is 2.46. The number of hydrogen-bond acceptors (Lipinski definition) is 3. The molecule has 22 heavy (non-hydrogen) atoms. The van der Waals surface area contributed by atoms with Crippen LogP contribution in [0.25, 0.3) is 0 Å². The molecule has 0 aliphatic heterocycles. The molecule has 4 nitrogen and oxygen atoms in total. The first-order valence-corrected chi connectivity index (χ1v) is 7.29. The van der Waals surface area contributed by atoms with Gasteiger partial charge in [-0.1, -0.05) is 23.8 Å². The molecule has 116 valence electrons. The zero-order valence-electron chi connectivity index (χ0n) is 13.1. The van der Waals surface area contributed by atoms with Gasteiger partial charge in [0.2, 0.25) is 0 Å². The second kappa shape index (κ2) is 7.50. The Morgan fingerprint density at radius 2 is 1.82 bits per heavy atom. The number of anilines is 1. The molecule has 0 atom stereocenters. The van der Waals surface area contributed by atoms with Crippen LogP contribution in [0.1, 0.15) is 19.4 Å². The van der Waals surface area contributed by atoms with Crippen molar-refractivity contribution in [3.05, 3.63) is 54.1 Å². The molecule has 4 heteroatoms. The van der Waals surface area contributed by atoms with Crippen molar-refractivity contribution >= 4 is 11.6 Å². The summed E-state index contributed by atoms with van der Waals surface area (Å²) >= 11 is 0. The molecule has 0 unspecified atom stereocenters. The van der Waals surface area contributed by atoms with Crippen LogP contribution in [-0.2, 0) is 4.79 Å². The van der Waals surface area contributed by atoms with Crippen molar-refractivity contribution in [3.63, 3.8) is 0 Å². The predicted octanol–water partition coefficient (Wildman–Crippen LogP) is 3.80. The smallest absolute Gasteiger partial charge is 0.262 e. The molecule has 0 aliphatic carbocycles. The van der Waals surface area contributed by atoms with Gasteiger partial charge >= 0.3 is 0 Å². The van der Waals surface area contributed by atoms with Crippen LogP contribution in [0.5, 0.6) is 11.5 Å². The summed E-state index contributed by atoms with van der Waals surface area (Å²) in [4.78, 5) is 11.9. The number of amides is 1. The molecule has 0 saturated carbocycles. The van der Waals surface area contributed by atoms with Crippen molar-refractivity contribution in [1.82, 2.24) is 0 Å². The minimum atomic E-state index is -0.206. The van der Waals surface area contributed by atoms with Crippen molar-refractivity contribution in [2.75, 3.05) is 11.9 Å². The average molecular weight is 299 g/mol. The molecule has 0 spiro atoms. The van der Waals surface area contributed by atoms with Gasteiger partial charge in [-0.2, -0.15) is 0 Å². The maximum Gasteiger partial charge on any atom is 0.262 e. The van der Waals surface area contributed by atoms with Gasteiger partial charge in [0.1, 0.15) is 11.5 Å². The van der Waals surface area contributed by atoms with Crippen LogP contribution in [-0.4, -0.2) is 18.6 Å². The van der Waals surface area contributed by atoms with E-state index in [1.165, 1.54) is 0 Å². The van der Waals surface area contributed by atoms with E-state index < -0.39 is 0 Å². The molecule has 0 heterocycles. The Labute approximate surface area is 131 Å². The molecule has 0 aliphatic rings. The van der Waals surface area contributed by atoms with Crippen LogP contribution in [0.4, 0.5) is 5.69 Å². The third-order valence-electron chi connectivity index (χ3n) is 2.88. The molecular formula is C18H21NO3. The second-order valence-electron chi connectivity index (χ2n) is 5.34. The van der Waals surface area contributed by atoms with Gasteiger partial charge in [0.15, 0.2) is 6.61 Å². The van der Waals surface area contributed by atoms with Crippen molar-refractivity contribution in [2.45, 2.75) is 26.9 Å². The summed E-state index contributed by atoms with van der Waals surface area (Å²) in [5, 5.41) is 2.79. The molecule has 0 saturated heterocycles. The monoisotopic (exact) mass is 299 g/mol. The Bertz CT molecular complexity index is 620. The van der Waals surface area contributed by atoms with E-state index in [1.54, 1.807) is 6.07 Å². The SMILES string of the molecule is Cc1ccc(OCC(=O)Nc2cccc(OC(C)C)c2)cc1. The molecule has 0 radical (unpaired) electrons. The molecule has 0 aromatic heterocycles. The van der Waals surface area contributed by atoms with Gasteiger partial charge in [0.05, 0.1) is 6.10 Å². The standard InChI is InChI=1S/C18H21NO3/c1-13(2)22-17-6-4-5-15(11-17)19-18(20)12-21-16-9-7-14(3)8-10-16/h4-11,13H,12H2,1-3H3,(H,19,20). The molecule has 1 N–H and O–H groups in total. The molecule has 0 bridgehead atoms. The maximum absolute atomic E-state index is 11.9. The number of ether oxygens (including phenoxy) is 2. The fourth-order valence-corrected chi connectivity index (χ4v) is 1.90. The number of carbonyl (C=O) groups excluding carboxylic acids is 1. The quantitative estimate of drug-likeness (QED) is 0.882. The van der Waals surface area contributed by atoms with E-state index in [4.69, 9.17) is 9.47 Å². The van der Waals surface area contributed by atoms with Gasteiger partial charge < -0.3 is 14.8 Å². The molecular weight excluding hydrogens is 278 g/mol. The highest BCUT2D eigenvalue weighted by molar-refractivity contribution is 5.92. The topological polar surface area (TPSA) is 47.6 Å². The first-order valence-electron chi connectivity index (χ1n) is 7.29. The highest BCUT2D eigenvalue weighted by atomic mass is 16.5. The highest BCUT2D eigenvalue weighted by Gasteiger charge is 2.05. The van der Waals surface area contributed by atoms with Crippen molar-refractivity contribution < 1.29 is 14.3 Å². The minimum absolute atomic E-state index is 0.0294. The Morgan fingerprint density at radius 3 is 2.50 bits per heavy atom. The lowest BCUT2D eigenvalue weighted by Crippen LogP contribution is -2.20. The van der Waals surface area contributed by atoms with E-state index in [1.807, 2.05) is 63.2 Å². The van der Waals surface area contributed by atoms with E-state index in [2.05, 4.69) is 5.32 Å². The lowest BCUT2D eigenvalue weighted by Gasteiger charge is -2.12. The van der Waals surface area contributed by atoms with E-state index in [0.29, 0.717) is 11.4 Å². The van der Waals surface area contributed by atoms with Crippen LogP contribution >= 0.6 is 0 Å². The van der Waals surface area contributed by atoms with E-state index in [0.717, 1.165) is 11.3 Å². The van der Waals surface area contributed by atoms with Gasteiger partial charge in [-0.3, -0.25) is 4.79 Å². The predicted molar refractivity (Wildman–Crippen MR) is 87.5 cm³/mol. The number of nitrogens with one attached hydrogen (secondary N) is 1. The van der Waals surface area contributed by atoms with E-state index in [-0.39, 0.29) is 18.6 Å². The first-order chi connectivity index (χ1) is 10.5. The van der Waals surface area contributed by atoms with E-state index >= 15 is 0 Å². The molecule has 1 amide bonds. The van der Waals surface area contributed by atoms with Crippen LogP contribution in [0.2, 0.25) is 0 Å². The normalized spacial score (nSPS) is 10.4. The third kappa shape index (κ3) is 5.13. The second-order valence-corrected chi connectivity index (χ2v) is 5.34. The maximum atomic E-state index is 11.9. The third-order valence-corrected chi connectivity index (χ3v) is 2.88. The fraction of sp³-hybridized carbons (Fsp3) is 0.278. The Hall–Kier alpha value is -2.49. The summed E-state index contributed by atoms with van der Waals surface area (Å²) in [6, 6.07) is 14.9. The lowest BCUT2D eigenvalue weighted by molar-refractivity contribution is -0.118. The summed E-state index contributed by atoms with van der Waals surface area (Å²) in [5.74, 6) is 1.20. The van der Waals surface area contributed by atoms with Gasteiger partial charge in [0, 0.05) is 11.8 Å². The summed E-state index contributed by atoms with van der Waals surface area (Å²) < 4.78 is 11.0. The molecule has 0 fully saturated rings. The summed E-state index contributed by atoms with van der Waals surface area (Å²) in [6.07, 6.45) is 0.0934. The van der Waals surface area contributed by atoms with Crippen LogP contribution in [0.3, 0.4) is 0 Å². The van der Waals surface area contributed by atoms with Crippen molar-refractivity contribution in [3.8, 4) is 11.5 Å². The Morgan fingerprint density at radius 1 is 1.09 bits per heavy atom. The number of carbonyl (C=O) groups is 1. The van der Waals surface area contributed by atoms with Gasteiger partial charge in [-0.05, 0) is 45.0 Å². The van der Waals surface area contributed by atoms with E-state index in [9.17, 15) is 4.79 Å². The number of aryl methyl sites for hydroxylation is 1. The number of rotatable bonds is 6. The molecule has 2 aromatic rings. The summed E-state index contributed by atoms with van der Waals surface area (Å²) in [6.45, 7) is 5.89. The number of benzene rings is 2. The van der Waals surface area contributed by atoms with Gasteiger partial charge in [0.25, 0.3) is 5.91 Å².